The van der Waals surface area contributed by atoms with Gasteiger partial charge in [-0.3, -0.25) is 0 Å². The van der Waals surface area contributed by atoms with Crippen molar-refractivity contribution in [2.45, 2.75) is 6.92 Å². The van der Waals surface area contributed by atoms with E-state index in [1.165, 1.54) is 0 Å². The summed E-state index contributed by atoms with van der Waals surface area (Å²) in [5, 5.41) is 3.28. The highest BCUT2D eigenvalue weighted by Crippen LogP contribution is 1.93. The van der Waals surface area contributed by atoms with E-state index in [2.05, 4.69) is 16.6 Å². The summed E-state index contributed by atoms with van der Waals surface area (Å²) in [4.78, 5) is 2.58. The predicted octanol–water partition coefficient (Wildman–Crippen LogP) is 2.96. The second kappa shape index (κ2) is 8.59. The normalized spacial score (nSPS) is 10.5. The lowest BCUT2D eigenvalue weighted by molar-refractivity contribution is 0.186. The molecular formula is C9H13N3O. The van der Waals surface area contributed by atoms with Crippen molar-refractivity contribution in [2.24, 2.45) is 5.11 Å². The van der Waals surface area contributed by atoms with Crippen LogP contribution in [-0.2, 0) is 4.74 Å². The van der Waals surface area contributed by atoms with Crippen LogP contribution in [0.2, 0.25) is 0 Å². The van der Waals surface area contributed by atoms with Crippen molar-refractivity contribution >= 4 is 0 Å². The lowest BCUT2D eigenvalue weighted by Gasteiger charge is -1.97. The van der Waals surface area contributed by atoms with Crippen LogP contribution in [0.5, 0.6) is 0 Å². The molecular weight excluding hydrogens is 166 g/mol. The van der Waals surface area contributed by atoms with Gasteiger partial charge in [-0.2, -0.15) is 0 Å². The van der Waals surface area contributed by atoms with Gasteiger partial charge in [-0.1, -0.05) is 36.0 Å². The summed E-state index contributed by atoms with van der Waals surface area (Å²) in [6, 6.07) is 0. The molecule has 0 saturated heterocycles. The molecule has 0 aliphatic rings. The Bertz CT molecular complexity index is 250. The molecule has 0 aliphatic heterocycles. The molecule has 0 radical (unpaired) electrons. The minimum Gasteiger partial charge on any atom is -0.373 e. The first kappa shape index (κ1) is 11.5. The minimum atomic E-state index is 0.268. The molecule has 0 aromatic carbocycles. The molecule has 0 spiro atoms. The molecule has 70 valence electrons. The van der Waals surface area contributed by atoms with Crippen molar-refractivity contribution in [3.8, 4) is 0 Å². The highest BCUT2D eigenvalue weighted by atomic mass is 16.5. The Hall–Kier alpha value is -1.51. The van der Waals surface area contributed by atoms with E-state index in [4.69, 9.17) is 10.3 Å². The van der Waals surface area contributed by atoms with Crippen molar-refractivity contribution in [1.29, 1.82) is 0 Å². The molecule has 0 unspecified atom stereocenters. The molecule has 0 aliphatic carbocycles. The third-order valence-electron chi connectivity index (χ3n) is 1.11. The van der Waals surface area contributed by atoms with Crippen LogP contribution in [-0.4, -0.2) is 13.2 Å². The van der Waals surface area contributed by atoms with Crippen molar-refractivity contribution < 1.29 is 4.74 Å². The van der Waals surface area contributed by atoms with Crippen LogP contribution in [0.25, 0.3) is 10.4 Å². The van der Waals surface area contributed by atoms with Gasteiger partial charge in [0, 0.05) is 10.6 Å². The van der Waals surface area contributed by atoms with E-state index >= 15 is 0 Å². The van der Waals surface area contributed by atoms with Crippen LogP contribution in [0, 0.1) is 0 Å². The van der Waals surface area contributed by atoms with Crippen molar-refractivity contribution in [1.82, 2.24) is 0 Å². The number of azide groups is 1. The molecule has 0 aromatic rings. The number of hydrogen-bond donors (Lipinski definition) is 0. The first-order valence-corrected chi connectivity index (χ1v) is 3.89. The second-order valence-electron chi connectivity index (χ2n) is 2.22. The van der Waals surface area contributed by atoms with Crippen LogP contribution < -0.4 is 0 Å². The van der Waals surface area contributed by atoms with Gasteiger partial charge in [-0.05, 0) is 12.5 Å². The summed E-state index contributed by atoms with van der Waals surface area (Å²) in [5.74, 6) is 0. The Morgan fingerprint density at radius 1 is 1.62 bits per heavy atom. The lowest BCUT2D eigenvalue weighted by Crippen LogP contribution is -1.94. The zero-order valence-electron chi connectivity index (χ0n) is 7.68. The molecule has 0 bridgehead atoms. The largest absolute Gasteiger partial charge is 0.373 e. The maximum atomic E-state index is 8.03. The summed E-state index contributed by atoms with van der Waals surface area (Å²) < 4.78 is 5.11. The molecule has 0 atom stereocenters. The number of hydrogen-bond acceptors (Lipinski definition) is 2. The van der Waals surface area contributed by atoms with Crippen LogP contribution >= 0.6 is 0 Å². The maximum absolute atomic E-state index is 8.03. The molecule has 0 aromatic heterocycles. The van der Waals surface area contributed by atoms with Gasteiger partial charge in [-0.15, -0.1) is 0 Å². The quantitative estimate of drug-likeness (QED) is 0.203. The SMILES string of the molecule is C=C(COC/C=C/C=C/C)N=[N+]=[N-]. The summed E-state index contributed by atoms with van der Waals surface area (Å²) >= 11 is 0. The highest BCUT2D eigenvalue weighted by molar-refractivity contribution is 5.01. The lowest BCUT2D eigenvalue weighted by atomic mass is 10.4. The molecule has 0 saturated carbocycles. The van der Waals surface area contributed by atoms with Crippen LogP contribution in [0.1, 0.15) is 6.92 Å². The predicted molar refractivity (Wildman–Crippen MR) is 53.1 cm³/mol. The van der Waals surface area contributed by atoms with Crippen LogP contribution in [0.3, 0.4) is 0 Å². The van der Waals surface area contributed by atoms with E-state index in [0.717, 1.165) is 0 Å². The van der Waals surface area contributed by atoms with E-state index in [1.54, 1.807) is 0 Å². The molecule has 13 heavy (non-hydrogen) atoms. The van der Waals surface area contributed by atoms with E-state index in [0.29, 0.717) is 12.3 Å². The Kier molecular flexibility index (Phi) is 7.59. The number of allylic oxidation sites excluding steroid dienone is 3. The average Bonchev–Trinajstić information content (AvgIpc) is 2.11. The van der Waals surface area contributed by atoms with E-state index in [-0.39, 0.29) is 6.61 Å². The summed E-state index contributed by atoms with van der Waals surface area (Å²) in [6.45, 7) is 6.19. The molecule has 0 N–H and O–H groups in total. The first-order valence-electron chi connectivity index (χ1n) is 3.89. The Morgan fingerprint density at radius 3 is 3.00 bits per heavy atom. The van der Waals surface area contributed by atoms with E-state index in [1.807, 2.05) is 31.2 Å². The number of rotatable bonds is 6. The van der Waals surface area contributed by atoms with Gasteiger partial charge >= 0.3 is 0 Å². The second-order valence-corrected chi connectivity index (χ2v) is 2.22. The maximum Gasteiger partial charge on any atom is 0.0740 e. The summed E-state index contributed by atoms with van der Waals surface area (Å²) in [6.07, 6.45) is 7.58. The molecule has 0 rings (SSSR count). The van der Waals surface area contributed by atoms with Crippen molar-refractivity contribution in [3.05, 3.63) is 47.0 Å². The number of nitrogens with zero attached hydrogens (tertiary/aromatic N) is 3. The molecule has 0 fully saturated rings. The van der Waals surface area contributed by atoms with Gasteiger partial charge in [0.2, 0.25) is 0 Å². The Labute approximate surface area is 77.8 Å². The standard InChI is InChI=1S/C9H13N3O/c1-3-4-5-6-7-13-8-9(2)11-12-10/h3-6H,2,7-8H2,1H3/b4-3+,6-5+. The van der Waals surface area contributed by atoms with Gasteiger partial charge in [0.1, 0.15) is 0 Å². The first-order chi connectivity index (χ1) is 6.31. The monoisotopic (exact) mass is 179 g/mol. The molecule has 4 heteroatoms. The van der Waals surface area contributed by atoms with Gasteiger partial charge in [-0.25, -0.2) is 0 Å². The highest BCUT2D eigenvalue weighted by Gasteiger charge is 1.87. The third kappa shape index (κ3) is 8.40. The van der Waals surface area contributed by atoms with Crippen molar-refractivity contribution in [2.75, 3.05) is 13.2 Å². The molecule has 4 nitrogen and oxygen atoms in total. The topological polar surface area (TPSA) is 58.0 Å². The zero-order valence-corrected chi connectivity index (χ0v) is 7.68. The van der Waals surface area contributed by atoms with Gasteiger partial charge in [0.15, 0.2) is 0 Å². The van der Waals surface area contributed by atoms with Crippen LogP contribution in [0.15, 0.2) is 41.7 Å². The van der Waals surface area contributed by atoms with Gasteiger partial charge in [0.05, 0.1) is 13.2 Å². The van der Waals surface area contributed by atoms with Crippen molar-refractivity contribution in [3.63, 3.8) is 0 Å². The average molecular weight is 179 g/mol. The summed E-state index contributed by atoms with van der Waals surface area (Å²) in [5.41, 5.74) is 8.42. The molecule has 0 heterocycles. The van der Waals surface area contributed by atoms with E-state index in [9.17, 15) is 0 Å². The van der Waals surface area contributed by atoms with Gasteiger partial charge < -0.3 is 4.74 Å². The summed E-state index contributed by atoms with van der Waals surface area (Å²) in [7, 11) is 0. The Balaban J connectivity index is 3.45. The molecule has 0 amide bonds. The number of ether oxygens (including phenoxy) is 1. The fourth-order valence-electron chi connectivity index (χ4n) is 0.582. The fourth-order valence-corrected chi connectivity index (χ4v) is 0.582. The third-order valence-corrected chi connectivity index (χ3v) is 1.11. The van der Waals surface area contributed by atoms with Crippen LogP contribution in [0.4, 0.5) is 0 Å². The minimum absolute atomic E-state index is 0.268. The fraction of sp³-hybridized carbons (Fsp3) is 0.333. The Morgan fingerprint density at radius 2 is 2.38 bits per heavy atom. The smallest absolute Gasteiger partial charge is 0.0740 e. The van der Waals surface area contributed by atoms with Gasteiger partial charge in [0.25, 0.3) is 0 Å². The zero-order chi connectivity index (χ0) is 9.94. The van der Waals surface area contributed by atoms with E-state index < -0.39 is 0 Å².